The van der Waals surface area contributed by atoms with Crippen molar-refractivity contribution in [2.45, 2.75) is 46.0 Å². The van der Waals surface area contributed by atoms with Gasteiger partial charge in [0.05, 0.1) is 7.11 Å². The zero-order valence-corrected chi connectivity index (χ0v) is 11.1. The molecule has 0 spiro atoms. The molecule has 0 saturated carbocycles. The summed E-state index contributed by atoms with van der Waals surface area (Å²) in [5.74, 6) is -0.100. The van der Waals surface area contributed by atoms with E-state index in [1.54, 1.807) is 0 Å². The average Bonchev–Trinajstić information content (AvgIpc) is 2.32. The number of carbonyl (C=O) groups excluding carboxylic acids is 1. The summed E-state index contributed by atoms with van der Waals surface area (Å²) in [5.41, 5.74) is 4.12. The van der Waals surface area contributed by atoms with E-state index in [2.05, 4.69) is 36.8 Å². The Kier molecular flexibility index (Phi) is 5.75. The molecule has 0 bridgehead atoms. The highest BCUT2D eigenvalue weighted by Gasteiger charge is 2.01. The van der Waals surface area contributed by atoms with Gasteiger partial charge in [0, 0.05) is 6.42 Å². The van der Waals surface area contributed by atoms with E-state index in [1.807, 2.05) is 0 Å². The van der Waals surface area contributed by atoms with Crippen molar-refractivity contribution in [3.63, 3.8) is 0 Å². The predicted octanol–water partition coefficient (Wildman–Crippen LogP) is 3.58. The molecule has 0 heterocycles. The number of hydrogen-bond acceptors (Lipinski definition) is 2. The van der Waals surface area contributed by atoms with Crippen molar-refractivity contribution in [1.82, 2.24) is 0 Å². The highest BCUT2D eigenvalue weighted by atomic mass is 16.5. The smallest absolute Gasteiger partial charge is 0.305 e. The van der Waals surface area contributed by atoms with Gasteiger partial charge in [-0.15, -0.1) is 0 Å². The Balaban J connectivity index is 2.26. The number of ether oxygens (including phenoxy) is 1. The zero-order valence-electron chi connectivity index (χ0n) is 11.1. The first-order valence-corrected chi connectivity index (χ1v) is 6.26. The molecule has 1 rings (SSSR count). The third-order valence-corrected chi connectivity index (χ3v) is 3.06. The molecule has 0 atom stereocenters. The summed E-state index contributed by atoms with van der Waals surface area (Å²) in [6, 6.07) is 6.59. The highest BCUT2D eigenvalue weighted by molar-refractivity contribution is 5.68. The Hall–Kier alpha value is -1.31. The molecule has 0 radical (unpaired) electrons. The Morgan fingerprint density at radius 3 is 2.65 bits per heavy atom. The van der Waals surface area contributed by atoms with E-state index in [4.69, 9.17) is 0 Å². The molecule has 0 N–H and O–H groups in total. The molecule has 0 amide bonds. The Labute approximate surface area is 104 Å². The second kappa shape index (κ2) is 7.10. The molecule has 2 nitrogen and oxygen atoms in total. The van der Waals surface area contributed by atoms with Crippen LogP contribution >= 0.6 is 0 Å². The van der Waals surface area contributed by atoms with Crippen LogP contribution in [0.3, 0.4) is 0 Å². The van der Waals surface area contributed by atoms with Gasteiger partial charge in [0.25, 0.3) is 0 Å². The van der Waals surface area contributed by atoms with E-state index >= 15 is 0 Å². The van der Waals surface area contributed by atoms with Crippen molar-refractivity contribution in [2.75, 3.05) is 7.11 Å². The van der Waals surface area contributed by atoms with Crippen molar-refractivity contribution in [1.29, 1.82) is 0 Å². The van der Waals surface area contributed by atoms with Gasteiger partial charge >= 0.3 is 5.97 Å². The first-order chi connectivity index (χ1) is 8.13. The molecule has 0 aliphatic rings. The lowest BCUT2D eigenvalue weighted by Gasteiger charge is -2.06. The summed E-state index contributed by atoms with van der Waals surface area (Å²) in [7, 11) is 1.44. The standard InChI is InChI=1S/C15H22O2/c1-12-9-10-13(2)14(11-12)7-5-4-6-8-15(16)17-3/h9-11H,4-8H2,1-3H3. The van der Waals surface area contributed by atoms with Crippen LogP contribution in [-0.4, -0.2) is 13.1 Å². The largest absolute Gasteiger partial charge is 0.469 e. The number of methoxy groups -OCH3 is 1. The minimum absolute atomic E-state index is 0.100. The number of hydrogen-bond donors (Lipinski definition) is 0. The fourth-order valence-corrected chi connectivity index (χ4v) is 1.93. The van der Waals surface area contributed by atoms with Gasteiger partial charge in [-0.1, -0.05) is 30.2 Å². The minimum Gasteiger partial charge on any atom is -0.469 e. The molecule has 0 aliphatic heterocycles. The lowest BCUT2D eigenvalue weighted by atomic mass is 10.00. The summed E-state index contributed by atoms with van der Waals surface area (Å²) in [6.45, 7) is 4.28. The van der Waals surface area contributed by atoms with E-state index in [9.17, 15) is 4.79 Å². The van der Waals surface area contributed by atoms with Crippen LogP contribution in [-0.2, 0) is 16.0 Å². The molecule has 94 valence electrons. The van der Waals surface area contributed by atoms with Gasteiger partial charge in [-0.25, -0.2) is 0 Å². The first-order valence-electron chi connectivity index (χ1n) is 6.26. The third kappa shape index (κ3) is 5.03. The molecule has 17 heavy (non-hydrogen) atoms. The molecule has 2 heteroatoms. The van der Waals surface area contributed by atoms with Gasteiger partial charge in [0.1, 0.15) is 0 Å². The van der Waals surface area contributed by atoms with Crippen LogP contribution in [0.1, 0.15) is 42.4 Å². The SMILES string of the molecule is COC(=O)CCCCCc1cc(C)ccc1C. The Morgan fingerprint density at radius 2 is 1.94 bits per heavy atom. The van der Waals surface area contributed by atoms with E-state index in [0.29, 0.717) is 6.42 Å². The summed E-state index contributed by atoms with van der Waals surface area (Å²) in [5, 5.41) is 0. The molecule has 0 fully saturated rings. The Morgan fingerprint density at radius 1 is 1.18 bits per heavy atom. The Bertz CT molecular complexity index is 369. The zero-order chi connectivity index (χ0) is 12.7. The van der Waals surface area contributed by atoms with Crippen LogP contribution in [0.4, 0.5) is 0 Å². The third-order valence-electron chi connectivity index (χ3n) is 3.06. The van der Waals surface area contributed by atoms with E-state index in [0.717, 1.165) is 25.7 Å². The molecular formula is C15H22O2. The topological polar surface area (TPSA) is 26.3 Å². The lowest BCUT2D eigenvalue weighted by molar-refractivity contribution is -0.140. The number of carbonyl (C=O) groups is 1. The molecule has 0 unspecified atom stereocenters. The van der Waals surface area contributed by atoms with Crippen molar-refractivity contribution >= 4 is 5.97 Å². The molecule has 0 aromatic heterocycles. The summed E-state index contributed by atoms with van der Waals surface area (Å²) in [6.07, 6.45) is 4.80. The van der Waals surface area contributed by atoms with Crippen molar-refractivity contribution < 1.29 is 9.53 Å². The van der Waals surface area contributed by atoms with Crippen LogP contribution < -0.4 is 0 Å². The van der Waals surface area contributed by atoms with Gasteiger partial charge in [-0.3, -0.25) is 4.79 Å². The summed E-state index contributed by atoms with van der Waals surface area (Å²) < 4.78 is 4.61. The fourth-order valence-electron chi connectivity index (χ4n) is 1.93. The maximum Gasteiger partial charge on any atom is 0.305 e. The van der Waals surface area contributed by atoms with E-state index in [1.165, 1.54) is 23.8 Å². The summed E-state index contributed by atoms with van der Waals surface area (Å²) >= 11 is 0. The number of rotatable bonds is 6. The van der Waals surface area contributed by atoms with E-state index in [-0.39, 0.29) is 5.97 Å². The average molecular weight is 234 g/mol. The van der Waals surface area contributed by atoms with Gasteiger partial charge < -0.3 is 4.74 Å². The van der Waals surface area contributed by atoms with Gasteiger partial charge in [0.15, 0.2) is 0 Å². The van der Waals surface area contributed by atoms with Crippen molar-refractivity contribution in [3.05, 3.63) is 34.9 Å². The molecule has 0 aliphatic carbocycles. The maximum atomic E-state index is 10.9. The van der Waals surface area contributed by atoms with Crippen LogP contribution in [0.15, 0.2) is 18.2 Å². The van der Waals surface area contributed by atoms with Crippen LogP contribution in [0, 0.1) is 13.8 Å². The van der Waals surface area contributed by atoms with Crippen molar-refractivity contribution in [3.8, 4) is 0 Å². The number of esters is 1. The van der Waals surface area contributed by atoms with Gasteiger partial charge in [0.2, 0.25) is 0 Å². The van der Waals surface area contributed by atoms with Gasteiger partial charge in [-0.2, -0.15) is 0 Å². The van der Waals surface area contributed by atoms with Crippen LogP contribution in [0.2, 0.25) is 0 Å². The van der Waals surface area contributed by atoms with Gasteiger partial charge in [-0.05, 0) is 44.2 Å². The predicted molar refractivity (Wildman–Crippen MR) is 70.1 cm³/mol. The number of aryl methyl sites for hydroxylation is 3. The molecule has 0 saturated heterocycles. The molecular weight excluding hydrogens is 212 g/mol. The quantitative estimate of drug-likeness (QED) is 0.555. The molecule has 1 aromatic rings. The second-order valence-corrected chi connectivity index (χ2v) is 4.57. The van der Waals surface area contributed by atoms with Crippen LogP contribution in [0.25, 0.3) is 0 Å². The minimum atomic E-state index is -0.100. The highest BCUT2D eigenvalue weighted by Crippen LogP contribution is 2.14. The molecule has 1 aromatic carbocycles. The number of benzene rings is 1. The van der Waals surface area contributed by atoms with E-state index < -0.39 is 0 Å². The summed E-state index contributed by atoms with van der Waals surface area (Å²) in [4.78, 5) is 10.9. The van der Waals surface area contributed by atoms with Crippen LogP contribution in [0.5, 0.6) is 0 Å². The first kappa shape index (κ1) is 13.8. The van der Waals surface area contributed by atoms with Crippen molar-refractivity contribution in [2.24, 2.45) is 0 Å². The lowest BCUT2D eigenvalue weighted by Crippen LogP contribution is -1.99. The maximum absolute atomic E-state index is 10.9. The fraction of sp³-hybridized carbons (Fsp3) is 0.533. The number of unbranched alkanes of at least 4 members (excludes halogenated alkanes) is 2. The monoisotopic (exact) mass is 234 g/mol. The normalized spacial score (nSPS) is 10.3. The second-order valence-electron chi connectivity index (χ2n) is 4.57.